The van der Waals surface area contributed by atoms with Gasteiger partial charge in [0.2, 0.25) is 0 Å². The largest absolute Gasteiger partial charge is 0.485 e. The highest BCUT2D eigenvalue weighted by Crippen LogP contribution is 2.33. The molecule has 2 aromatic rings. The number of thiophene rings is 1. The summed E-state index contributed by atoms with van der Waals surface area (Å²) in [4.78, 5) is 0. The van der Waals surface area contributed by atoms with Gasteiger partial charge in [0.25, 0.3) is 0 Å². The molecule has 118 valence electrons. The molecule has 0 bridgehead atoms. The average Bonchev–Trinajstić information content (AvgIpc) is 2.98. The Labute approximate surface area is 126 Å². The van der Waals surface area contributed by atoms with E-state index in [0.717, 1.165) is 23.6 Å². The van der Waals surface area contributed by atoms with Crippen LogP contribution < -0.4 is 9.47 Å². The Kier molecular flexibility index (Phi) is 5.37. The molecule has 1 aliphatic rings. The van der Waals surface area contributed by atoms with Crippen LogP contribution in [0.3, 0.4) is 0 Å². The van der Waals surface area contributed by atoms with Gasteiger partial charge < -0.3 is 9.47 Å². The van der Waals surface area contributed by atoms with Crippen LogP contribution in [0.5, 0.6) is 11.5 Å². The summed E-state index contributed by atoms with van der Waals surface area (Å²) >= 11 is 1.61. The second-order valence-electron chi connectivity index (χ2n) is 3.97. The van der Waals surface area contributed by atoms with Gasteiger partial charge in [0.05, 0.1) is 5.56 Å². The van der Waals surface area contributed by atoms with Crippen LogP contribution in [-0.2, 0) is 0 Å². The first-order valence-corrected chi connectivity index (χ1v) is 6.92. The molecule has 0 amide bonds. The number of hydrogen-bond acceptors (Lipinski definition) is 3. The van der Waals surface area contributed by atoms with Crippen LogP contribution in [0.25, 0.3) is 5.83 Å². The maximum absolute atomic E-state index is 12.6. The lowest BCUT2D eigenvalue weighted by molar-refractivity contribution is 0.173. The van der Waals surface area contributed by atoms with Gasteiger partial charge in [0.1, 0.15) is 13.2 Å². The fraction of sp³-hybridized carbons (Fsp3) is 0.143. The monoisotopic (exact) mass is 336 g/mol. The zero-order chi connectivity index (χ0) is 16.1. The minimum atomic E-state index is -2.68. The molecule has 0 atom stereocenters. The van der Waals surface area contributed by atoms with Crippen LogP contribution >= 0.6 is 11.3 Å². The summed E-state index contributed by atoms with van der Waals surface area (Å²) < 4.78 is 71.2. The molecule has 1 aromatic carbocycles. The summed E-state index contributed by atoms with van der Waals surface area (Å²) in [6.07, 6.45) is -2.68. The van der Waals surface area contributed by atoms with Gasteiger partial charge in [-0.2, -0.15) is 8.78 Å². The quantitative estimate of drug-likeness (QED) is 0.681. The highest BCUT2D eigenvalue weighted by Gasteiger charge is 2.16. The van der Waals surface area contributed by atoms with E-state index in [1.54, 1.807) is 11.3 Å². The molecule has 0 N–H and O–H groups in total. The van der Waals surface area contributed by atoms with Crippen molar-refractivity contribution in [3.05, 3.63) is 52.2 Å². The first-order valence-electron chi connectivity index (χ1n) is 5.97. The van der Waals surface area contributed by atoms with E-state index in [1.807, 2.05) is 10.8 Å². The molecule has 0 fully saturated rings. The molecule has 22 heavy (non-hydrogen) atoms. The van der Waals surface area contributed by atoms with E-state index in [9.17, 15) is 22.0 Å². The van der Waals surface area contributed by atoms with Crippen LogP contribution in [0.2, 0.25) is 0 Å². The minimum Gasteiger partial charge on any atom is -0.485 e. The molecule has 0 saturated carbocycles. The first-order chi connectivity index (χ1) is 10.5. The Morgan fingerprint density at radius 3 is 2.09 bits per heavy atom. The number of fused-ring (bicyclic) bond motifs is 1. The lowest BCUT2D eigenvalue weighted by Crippen LogP contribution is -2.13. The minimum absolute atomic E-state index is 0.684. The normalized spacial score (nSPS) is 12.2. The van der Waals surface area contributed by atoms with Gasteiger partial charge in [-0.1, -0.05) is 6.07 Å². The molecule has 0 saturated heterocycles. The summed E-state index contributed by atoms with van der Waals surface area (Å²) in [5.41, 5.74) is -1.07. The fourth-order valence-corrected chi connectivity index (χ4v) is 2.25. The first kappa shape index (κ1) is 16.3. The van der Waals surface area contributed by atoms with E-state index >= 15 is 0 Å². The smallest absolute Gasteiger partial charge is 0.306 e. The van der Waals surface area contributed by atoms with Crippen molar-refractivity contribution < 1.29 is 31.4 Å². The zero-order valence-corrected chi connectivity index (χ0v) is 11.7. The van der Waals surface area contributed by atoms with Crippen molar-refractivity contribution in [3.8, 4) is 11.5 Å². The van der Waals surface area contributed by atoms with Crippen molar-refractivity contribution in [2.45, 2.75) is 0 Å². The van der Waals surface area contributed by atoms with Crippen LogP contribution in [0.15, 0.2) is 35.0 Å². The van der Waals surface area contributed by atoms with Crippen LogP contribution in [-0.4, -0.2) is 13.2 Å². The molecular formula is C14H9F5O2S. The standard InChI is InChI=1S/C8H3F5.C6H6O2S/c9-5-3-1-2-4(6(5)10)7(11)8(12)13;1-2-8-6-4-9-3-5(6)7-1/h1-3H;3-4H,1-2H2. The van der Waals surface area contributed by atoms with Gasteiger partial charge in [0, 0.05) is 10.8 Å². The molecule has 2 heterocycles. The van der Waals surface area contributed by atoms with Crippen molar-refractivity contribution in [2.24, 2.45) is 0 Å². The molecule has 2 nitrogen and oxygen atoms in total. The van der Waals surface area contributed by atoms with Gasteiger partial charge in [-0.25, -0.2) is 13.2 Å². The highest BCUT2D eigenvalue weighted by atomic mass is 32.1. The van der Waals surface area contributed by atoms with E-state index in [4.69, 9.17) is 9.47 Å². The van der Waals surface area contributed by atoms with Crippen molar-refractivity contribution in [2.75, 3.05) is 13.2 Å². The van der Waals surface area contributed by atoms with Gasteiger partial charge >= 0.3 is 6.08 Å². The Hall–Kier alpha value is -2.09. The van der Waals surface area contributed by atoms with E-state index in [0.29, 0.717) is 19.3 Å². The van der Waals surface area contributed by atoms with Gasteiger partial charge in [-0.05, 0) is 12.1 Å². The third-order valence-corrected chi connectivity index (χ3v) is 3.25. The summed E-state index contributed by atoms with van der Waals surface area (Å²) in [5.74, 6) is -3.24. The van der Waals surface area contributed by atoms with E-state index < -0.39 is 29.1 Å². The second kappa shape index (κ2) is 7.26. The van der Waals surface area contributed by atoms with Crippen LogP contribution in [0.4, 0.5) is 22.0 Å². The van der Waals surface area contributed by atoms with E-state index in [1.165, 1.54) is 0 Å². The summed E-state index contributed by atoms with van der Waals surface area (Å²) in [5, 5.41) is 3.91. The molecule has 1 aliphatic heterocycles. The molecule has 0 aliphatic carbocycles. The van der Waals surface area contributed by atoms with E-state index in [-0.39, 0.29) is 0 Å². The van der Waals surface area contributed by atoms with Crippen LogP contribution in [0.1, 0.15) is 5.56 Å². The molecule has 1 aromatic heterocycles. The highest BCUT2D eigenvalue weighted by molar-refractivity contribution is 7.08. The molecular weight excluding hydrogens is 327 g/mol. The Morgan fingerprint density at radius 2 is 1.55 bits per heavy atom. The van der Waals surface area contributed by atoms with Crippen molar-refractivity contribution in [3.63, 3.8) is 0 Å². The average molecular weight is 336 g/mol. The number of hydrogen-bond donors (Lipinski definition) is 0. The second-order valence-corrected chi connectivity index (χ2v) is 4.72. The zero-order valence-electron chi connectivity index (χ0n) is 10.9. The lowest BCUT2D eigenvalue weighted by Gasteiger charge is -2.13. The topological polar surface area (TPSA) is 18.5 Å². The fourth-order valence-electron chi connectivity index (χ4n) is 1.56. The Morgan fingerprint density at radius 1 is 0.955 bits per heavy atom. The van der Waals surface area contributed by atoms with Gasteiger partial charge in [-0.15, -0.1) is 11.3 Å². The summed E-state index contributed by atoms with van der Waals surface area (Å²) in [7, 11) is 0. The van der Waals surface area contributed by atoms with Gasteiger partial charge in [0.15, 0.2) is 29.0 Å². The van der Waals surface area contributed by atoms with Crippen molar-refractivity contribution in [1.82, 2.24) is 0 Å². The Bertz CT molecular complexity index is 659. The molecule has 0 spiro atoms. The SMILES string of the molecule is FC(F)=C(F)c1cccc(F)c1F.c1scc2c1OCCO2. The predicted octanol–water partition coefficient (Wildman–Crippen LogP) is 5.02. The number of rotatable bonds is 1. The maximum Gasteiger partial charge on any atom is 0.306 e. The van der Waals surface area contributed by atoms with Crippen molar-refractivity contribution in [1.29, 1.82) is 0 Å². The van der Waals surface area contributed by atoms with E-state index in [2.05, 4.69) is 0 Å². The number of ether oxygens (including phenoxy) is 2. The summed E-state index contributed by atoms with van der Waals surface area (Å²) in [6, 6.07) is 2.38. The van der Waals surface area contributed by atoms with Gasteiger partial charge in [-0.3, -0.25) is 0 Å². The Balaban J connectivity index is 0.000000170. The molecule has 3 rings (SSSR count). The predicted molar refractivity (Wildman–Crippen MR) is 71.9 cm³/mol. The number of halogens is 5. The third kappa shape index (κ3) is 3.76. The molecule has 0 unspecified atom stereocenters. The summed E-state index contributed by atoms with van der Waals surface area (Å²) in [6.45, 7) is 1.37. The maximum atomic E-state index is 12.6. The molecule has 0 radical (unpaired) electrons. The van der Waals surface area contributed by atoms with Crippen molar-refractivity contribution >= 4 is 17.2 Å². The lowest BCUT2D eigenvalue weighted by atomic mass is 10.2. The number of benzene rings is 1. The molecule has 8 heteroatoms. The third-order valence-electron chi connectivity index (χ3n) is 2.55. The van der Waals surface area contributed by atoms with Crippen LogP contribution in [0, 0.1) is 11.6 Å².